The lowest BCUT2D eigenvalue weighted by molar-refractivity contribution is -0.176. The summed E-state index contributed by atoms with van der Waals surface area (Å²) in [4.78, 5) is 39.7. The Morgan fingerprint density at radius 2 is 1.90 bits per heavy atom. The van der Waals surface area contributed by atoms with E-state index in [0.717, 1.165) is 6.42 Å². The molecular formula is C15H24N2O4. The molecule has 0 saturated carbocycles. The molecule has 2 heterocycles. The number of aliphatic hydroxyl groups excluding tert-OH is 1. The van der Waals surface area contributed by atoms with Crippen molar-refractivity contribution >= 4 is 17.6 Å². The minimum absolute atomic E-state index is 0.0167. The van der Waals surface area contributed by atoms with Crippen molar-refractivity contribution in [2.45, 2.75) is 58.2 Å². The zero-order chi connectivity index (χ0) is 15.9. The molecule has 0 aliphatic carbocycles. The first-order valence-electron chi connectivity index (χ1n) is 7.53. The summed E-state index contributed by atoms with van der Waals surface area (Å²) in [6.07, 6.45) is 0.544. The summed E-state index contributed by atoms with van der Waals surface area (Å²) < 4.78 is 0. The number of hydrogen-bond donors (Lipinski definition) is 1. The molecule has 0 radical (unpaired) electrons. The van der Waals surface area contributed by atoms with Gasteiger partial charge in [0.1, 0.15) is 11.6 Å². The van der Waals surface area contributed by atoms with E-state index in [4.69, 9.17) is 0 Å². The third kappa shape index (κ3) is 2.35. The molecule has 6 heteroatoms. The Kier molecular flexibility index (Phi) is 4.10. The van der Waals surface area contributed by atoms with E-state index in [2.05, 4.69) is 0 Å². The van der Waals surface area contributed by atoms with Gasteiger partial charge in [-0.15, -0.1) is 0 Å². The third-order valence-electron chi connectivity index (χ3n) is 4.55. The monoisotopic (exact) mass is 296 g/mol. The molecule has 6 nitrogen and oxygen atoms in total. The smallest absolute Gasteiger partial charge is 0.251 e. The standard InChI is InChI=1S/C15H24N2O4/c1-9(2)13(20)17-7-5-6-15(17)8-16(14(15)21)12(10(3)18)11(4)19/h9-10,12,18H,5-8H2,1-4H3/t10-,12+,15+/m1/s1. The summed E-state index contributed by atoms with van der Waals surface area (Å²) in [5.41, 5.74) is -0.774. The minimum Gasteiger partial charge on any atom is -0.391 e. The topological polar surface area (TPSA) is 77.9 Å². The highest BCUT2D eigenvalue weighted by molar-refractivity contribution is 6.00. The van der Waals surface area contributed by atoms with Gasteiger partial charge in [0.05, 0.1) is 12.6 Å². The van der Waals surface area contributed by atoms with E-state index >= 15 is 0 Å². The number of rotatable bonds is 4. The zero-order valence-corrected chi connectivity index (χ0v) is 13.1. The normalized spacial score (nSPS) is 28.0. The van der Waals surface area contributed by atoms with E-state index in [1.165, 1.54) is 18.7 Å². The number of Topliss-reactive ketones (excluding diaryl/α,β-unsaturated/α-hetero) is 1. The van der Waals surface area contributed by atoms with Crippen LogP contribution >= 0.6 is 0 Å². The van der Waals surface area contributed by atoms with Crippen LogP contribution in [0.25, 0.3) is 0 Å². The van der Waals surface area contributed by atoms with Crippen LogP contribution in [0.4, 0.5) is 0 Å². The second kappa shape index (κ2) is 5.40. The molecule has 0 bridgehead atoms. The Morgan fingerprint density at radius 1 is 1.29 bits per heavy atom. The Balaban J connectivity index is 2.20. The molecule has 0 aromatic heterocycles. The third-order valence-corrected chi connectivity index (χ3v) is 4.55. The van der Waals surface area contributed by atoms with E-state index in [1.54, 1.807) is 4.90 Å². The molecule has 21 heavy (non-hydrogen) atoms. The molecule has 2 fully saturated rings. The minimum atomic E-state index is -0.903. The van der Waals surface area contributed by atoms with Crippen LogP contribution in [-0.4, -0.2) is 63.3 Å². The van der Waals surface area contributed by atoms with Crippen molar-refractivity contribution in [1.29, 1.82) is 0 Å². The highest BCUT2D eigenvalue weighted by atomic mass is 16.3. The first-order chi connectivity index (χ1) is 9.72. The van der Waals surface area contributed by atoms with Gasteiger partial charge in [0, 0.05) is 12.5 Å². The predicted molar refractivity (Wildman–Crippen MR) is 76.4 cm³/mol. The second-order valence-electron chi connectivity index (χ2n) is 6.51. The van der Waals surface area contributed by atoms with E-state index in [0.29, 0.717) is 19.5 Å². The van der Waals surface area contributed by atoms with Crippen molar-refractivity contribution in [1.82, 2.24) is 9.80 Å². The van der Waals surface area contributed by atoms with Crippen LogP contribution in [-0.2, 0) is 14.4 Å². The van der Waals surface area contributed by atoms with Crippen molar-refractivity contribution in [2.24, 2.45) is 5.92 Å². The SMILES string of the molecule is CC(=O)[C@H]([C@@H](C)O)N1C[C@@]2(CCCN2C(=O)C(C)C)C1=O. The van der Waals surface area contributed by atoms with Gasteiger partial charge in [-0.2, -0.15) is 0 Å². The maximum atomic E-state index is 12.6. The van der Waals surface area contributed by atoms with E-state index in [1.807, 2.05) is 13.8 Å². The van der Waals surface area contributed by atoms with Crippen LogP contribution in [0.15, 0.2) is 0 Å². The number of nitrogens with zero attached hydrogens (tertiary/aromatic N) is 2. The first kappa shape index (κ1) is 15.9. The molecule has 0 unspecified atom stereocenters. The van der Waals surface area contributed by atoms with Gasteiger partial charge in [-0.05, 0) is 26.7 Å². The molecule has 2 aliphatic rings. The zero-order valence-electron chi connectivity index (χ0n) is 13.1. The predicted octanol–water partition coefficient (Wildman–Crippen LogP) is 0.184. The fourth-order valence-corrected chi connectivity index (χ4v) is 3.54. The Bertz CT molecular complexity index is 474. The van der Waals surface area contributed by atoms with Gasteiger partial charge < -0.3 is 14.9 Å². The van der Waals surface area contributed by atoms with E-state index < -0.39 is 17.7 Å². The lowest BCUT2D eigenvalue weighted by Gasteiger charge is -2.54. The molecule has 3 atom stereocenters. The number of hydrogen-bond acceptors (Lipinski definition) is 4. The molecule has 0 aromatic carbocycles. The molecule has 2 saturated heterocycles. The van der Waals surface area contributed by atoms with Gasteiger partial charge in [-0.1, -0.05) is 13.8 Å². The highest BCUT2D eigenvalue weighted by Gasteiger charge is 2.61. The van der Waals surface area contributed by atoms with Crippen LogP contribution in [0.3, 0.4) is 0 Å². The fraction of sp³-hybridized carbons (Fsp3) is 0.800. The van der Waals surface area contributed by atoms with Gasteiger partial charge in [-0.25, -0.2) is 0 Å². The summed E-state index contributed by atoms with van der Waals surface area (Å²) in [6, 6.07) is -0.806. The fourth-order valence-electron chi connectivity index (χ4n) is 3.54. The number of aliphatic hydroxyl groups is 1. The molecule has 0 aromatic rings. The van der Waals surface area contributed by atoms with Crippen LogP contribution in [0, 0.1) is 5.92 Å². The van der Waals surface area contributed by atoms with Gasteiger partial charge in [-0.3, -0.25) is 14.4 Å². The molecule has 1 spiro atoms. The van der Waals surface area contributed by atoms with Crippen molar-refractivity contribution in [3.8, 4) is 0 Å². The maximum absolute atomic E-state index is 12.6. The lowest BCUT2D eigenvalue weighted by Crippen LogP contribution is -2.76. The van der Waals surface area contributed by atoms with Crippen LogP contribution in [0.2, 0.25) is 0 Å². The summed E-state index contributed by atoms with van der Waals surface area (Å²) in [5.74, 6) is -0.595. The van der Waals surface area contributed by atoms with Crippen molar-refractivity contribution in [2.75, 3.05) is 13.1 Å². The second-order valence-corrected chi connectivity index (χ2v) is 6.51. The van der Waals surface area contributed by atoms with Gasteiger partial charge in [0.15, 0.2) is 5.78 Å². The lowest BCUT2D eigenvalue weighted by atomic mass is 9.82. The Labute approximate surface area is 125 Å². The van der Waals surface area contributed by atoms with Crippen molar-refractivity contribution in [3.05, 3.63) is 0 Å². The number of β-lactam (4-membered cyclic amide) rings is 1. The van der Waals surface area contributed by atoms with Crippen LogP contribution < -0.4 is 0 Å². The average molecular weight is 296 g/mol. The molecular weight excluding hydrogens is 272 g/mol. The summed E-state index contributed by atoms with van der Waals surface area (Å²) in [7, 11) is 0. The molecule has 118 valence electrons. The quantitative estimate of drug-likeness (QED) is 0.751. The molecule has 2 amide bonds. The number of amides is 2. The van der Waals surface area contributed by atoms with E-state index in [9.17, 15) is 19.5 Å². The van der Waals surface area contributed by atoms with Gasteiger partial charge in [0.25, 0.3) is 5.91 Å². The number of likely N-dealkylation sites (tertiary alicyclic amines) is 2. The Hall–Kier alpha value is -1.43. The largest absolute Gasteiger partial charge is 0.391 e. The number of carbonyl (C=O) groups is 3. The van der Waals surface area contributed by atoms with Crippen LogP contribution in [0.5, 0.6) is 0 Å². The average Bonchev–Trinajstić information content (AvgIpc) is 2.82. The van der Waals surface area contributed by atoms with Crippen molar-refractivity contribution in [3.63, 3.8) is 0 Å². The highest BCUT2D eigenvalue weighted by Crippen LogP contribution is 2.41. The van der Waals surface area contributed by atoms with Gasteiger partial charge >= 0.3 is 0 Å². The summed E-state index contributed by atoms with van der Waals surface area (Å²) in [6.45, 7) is 7.47. The first-order valence-corrected chi connectivity index (χ1v) is 7.53. The Morgan fingerprint density at radius 3 is 2.33 bits per heavy atom. The molecule has 2 rings (SSSR count). The number of ketones is 1. The van der Waals surface area contributed by atoms with Crippen LogP contribution in [0.1, 0.15) is 40.5 Å². The summed E-state index contributed by atoms with van der Waals surface area (Å²) >= 11 is 0. The van der Waals surface area contributed by atoms with Gasteiger partial charge in [0.2, 0.25) is 5.91 Å². The molecule has 1 N–H and O–H groups in total. The summed E-state index contributed by atoms with van der Waals surface area (Å²) in [5, 5.41) is 9.74. The number of carbonyl (C=O) groups excluding carboxylic acids is 3. The van der Waals surface area contributed by atoms with Crippen molar-refractivity contribution < 1.29 is 19.5 Å². The maximum Gasteiger partial charge on any atom is 0.251 e. The van der Waals surface area contributed by atoms with E-state index in [-0.39, 0.29) is 23.5 Å². The molecule has 2 aliphatic heterocycles.